The molecule has 1 aromatic rings. The van der Waals surface area contributed by atoms with E-state index in [1.807, 2.05) is 19.0 Å². The van der Waals surface area contributed by atoms with Gasteiger partial charge >= 0.3 is 0 Å². The maximum absolute atomic E-state index is 13.9. The average Bonchev–Trinajstić information content (AvgIpc) is 2.72. The van der Waals surface area contributed by atoms with E-state index >= 15 is 0 Å². The first-order valence-corrected chi connectivity index (χ1v) is 10.0. The van der Waals surface area contributed by atoms with E-state index in [0.29, 0.717) is 13.1 Å². The van der Waals surface area contributed by atoms with E-state index < -0.39 is 15.8 Å². The standard InChI is InChI=1S/C15H23FN2O3S2/c1-17(2)10-12-11-22-8-4-7-18(12)23(19,20)13-5-6-15(21-3)14(16)9-13/h5-6,9,12H,4,7-8,10-11H2,1-3H3. The van der Waals surface area contributed by atoms with Gasteiger partial charge in [0.1, 0.15) is 0 Å². The van der Waals surface area contributed by atoms with Crippen molar-refractivity contribution in [3.63, 3.8) is 0 Å². The molecule has 0 aliphatic carbocycles. The molecule has 5 nitrogen and oxygen atoms in total. The number of methoxy groups -OCH3 is 1. The van der Waals surface area contributed by atoms with E-state index in [9.17, 15) is 12.8 Å². The number of hydrogen-bond donors (Lipinski definition) is 0. The lowest BCUT2D eigenvalue weighted by molar-refractivity contribution is 0.271. The van der Waals surface area contributed by atoms with Crippen molar-refractivity contribution in [2.75, 3.05) is 45.8 Å². The minimum Gasteiger partial charge on any atom is -0.494 e. The highest BCUT2D eigenvalue weighted by Gasteiger charge is 2.33. The SMILES string of the molecule is COc1ccc(S(=O)(=O)N2CCCSCC2CN(C)C)cc1F. The molecule has 23 heavy (non-hydrogen) atoms. The monoisotopic (exact) mass is 362 g/mol. The Morgan fingerprint density at radius 2 is 2.17 bits per heavy atom. The summed E-state index contributed by atoms with van der Waals surface area (Å²) in [6.45, 7) is 1.10. The highest BCUT2D eigenvalue weighted by atomic mass is 32.2. The Balaban J connectivity index is 2.36. The Bertz CT molecular complexity index is 638. The molecule has 0 radical (unpaired) electrons. The summed E-state index contributed by atoms with van der Waals surface area (Å²) in [5, 5.41) is 0. The van der Waals surface area contributed by atoms with E-state index in [1.165, 1.54) is 23.5 Å². The molecule has 0 N–H and O–H groups in total. The summed E-state index contributed by atoms with van der Waals surface area (Å²) in [5.41, 5.74) is 0. The van der Waals surface area contributed by atoms with Gasteiger partial charge in [-0.05, 0) is 44.5 Å². The smallest absolute Gasteiger partial charge is 0.243 e. The Hall–Kier alpha value is -0.830. The normalized spacial score (nSPS) is 20.5. The second-order valence-electron chi connectivity index (χ2n) is 5.76. The molecular formula is C15H23FN2O3S2. The lowest BCUT2D eigenvalue weighted by Crippen LogP contribution is -2.46. The fraction of sp³-hybridized carbons (Fsp3) is 0.600. The fourth-order valence-corrected chi connectivity index (χ4v) is 5.45. The van der Waals surface area contributed by atoms with Gasteiger partial charge in [0.25, 0.3) is 0 Å². The van der Waals surface area contributed by atoms with Crippen LogP contribution in [-0.2, 0) is 10.0 Å². The average molecular weight is 362 g/mol. The van der Waals surface area contributed by atoms with Crippen LogP contribution in [0.3, 0.4) is 0 Å². The third-order valence-corrected chi connectivity index (χ3v) is 6.84. The number of nitrogens with zero attached hydrogens (tertiary/aromatic N) is 2. The summed E-state index contributed by atoms with van der Waals surface area (Å²) in [5.74, 6) is 1.06. The van der Waals surface area contributed by atoms with Crippen LogP contribution < -0.4 is 4.74 Å². The van der Waals surface area contributed by atoms with Crippen LogP contribution in [0.1, 0.15) is 6.42 Å². The van der Waals surface area contributed by atoms with Crippen LogP contribution in [0.25, 0.3) is 0 Å². The zero-order chi connectivity index (χ0) is 17.0. The molecule has 130 valence electrons. The van der Waals surface area contributed by atoms with Gasteiger partial charge in [-0.25, -0.2) is 12.8 Å². The number of rotatable bonds is 5. The zero-order valence-corrected chi connectivity index (χ0v) is 15.3. The quantitative estimate of drug-likeness (QED) is 0.801. The van der Waals surface area contributed by atoms with Gasteiger partial charge in [0.05, 0.1) is 12.0 Å². The van der Waals surface area contributed by atoms with Crippen molar-refractivity contribution in [3.8, 4) is 5.75 Å². The topological polar surface area (TPSA) is 49.9 Å². The van der Waals surface area contributed by atoms with Gasteiger partial charge in [-0.15, -0.1) is 0 Å². The Labute approximate surface area is 141 Å². The molecule has 1 aliphatic heterocycles. The van der Waals surface area contributed by atoms with Crippen LogP contribution in [0, 0.1) is 5.82 Å². The highest BCUT2D eigenvalue weighted by molar-refractivity contribution is 7.99. The van der Waals surface area contributed by atoms with Gasteiger partial charge in [-0.3, -0.25) is 0 Å². The van der Waals surface area contributed by atoms with Crippen molar-refractivity contribution in [1.29, 1.82) is 0 Å². The first kappa shape index (κ1) is 18.5. The second kappa shape index (κ2) is 7.83. The molecule has 8 heteroatoms. The second-order valence-corrected chi connectivity index (χ2v) is 8.80. The lowest BCUT2D eigenvalue weighted by atomic mass is 10.3. The minimum absolute atomic E-state index is 0.0218. The molecule has 2 rings (SSSR count). The Morgan fingerprint density at radius 1 is 1.43 bits per heavy atom. The van der Waals surface area contributed by atoms with Gasteiger partial charge in [-0.2, -0.15) is 16.1 Å². The fourth-order valence-electron chi connectivity index (χ4n) is 2.63. The maximum Gasteiger partial charge on any atom is 0.243 e. The van der Waals surface area contributed by atoms with Crippen LogP contribution in [0.2, 0.25) is 0 Å². The number of thioether (sulfide) groups is 1. The molecule has 1 fully saturated rings. The summed E-state index contributed by atoms with van der Waals surface area (Å²) in [6, 6.07) is 3.68. The van der Waals surface area contributed by atoms with Crippen molar-refractivity contribution < 1.29 is 17.5 Å². The number of benzene rings is 1. The van der Waals surface area contributed by atoms with Crippen molar-refractivity contribution in [2.24, 2.45) is 0 Å². The predicted octanol–water partition coefficient (Wildman–Crippen LogP) is 1.89. The summed E-state index contributed by atoms with van der Waals surface area (Å²) >= 11 is 1.76. The summed E-state index contributed by atoms with van der Waals surface area (Å²) in [4.78, 5) is 1.96. The summed E-state index contributed by atoms with van der Waals surface area (Å²) in [6.07, 6.45) is 0.798. The van der Waals surface area contributed by atoms with Crippen LogP contribution in [0.4, 0.5) is 4.39 Å². The van der Waals surface area contributed by atoms with Gasteiger partial charge in [0.2, 0.25) is 10.0 Å². The minimum atomic E-state index is -3.73. The molecule has 1 aliphatic rings. The number of ether oxygens (including phenoxy) is 1. The molecule has 1 heterocycles. The molecule has 0 bridgehead atoms. The molecular weight excluding hydrogens is 339 g/mol. The Kier molecular flexibility index (Phi) is 6.30. The van der Waals surface area contributed by atoms with Crippen LogP contribution in [0.5, 0.6) is 5.75 Å². The molecule has 0 amide bonds. The third-order valence-electron chi connectivity index (χ3n) is 3.69. The van der Waals surface area contributed by atoms with E-state index in [2.05, 4.69) is 0 Å². The first-order valence-electron chi connectivity index (χ1n) is 7.44. The van der Waals surface area contributed by atoms with E-state index in [-0.39, 0.29) is 16.7 Å². The van der Waals surface area contributed by atoms with Crippen molar-refractivity contribution >= 4 is 21.8 Å². The maximum atomic E-state index is 13.9. The molecule has 0 saturated carbocycles. The van der Waals surface area contributed by atoms with Crippen molar-refractivity contribution in [3.05, 3.63) is 24.0 Å². The zero-order valence-electron chi connectivity index (χ0n) is 13.7. The third kappa shape index (κ3) is 4.37. The largest absolute Gasteiger partial charge is 0.494 e. The first-order chi connectivity index (χ1) is 10.9. The van der Waals surface area contributed by atoms with Crippen molar-refractivity contribution in [2.45, 2.75) is 17.4 Å². The van der Waals surface area contributed by atoms with Gasteiger partial charge < -0.3 is 9.64 Å². The van der Waals surface area contributed by atoms with E-state index in [1.54, 1.807) is 11.8 Å². The molecule has 0 spiro atoms. The molecule has 0 aromatic heterocycles. The van der Waals surface area contributed by atoms with Crippen LogP contribution in [-0.4, -0.2) is 69.5 Å². The predicted molar refractivity (Wildman–Crippen MR) is 91.1 cm³/mol. The lowest BCUT2D eigenvalue weighted by Gasteiger charge is -2.30. The van der Waals surface area contributed by atoms with Crippen molar-refractivity contribution in [1.82, 2.24) is 9.21 Å². The molecule has 1 saturated heterocycles. The number of likely N-dealkylation sites (N-methyl/N-ethyl adjacent to an activating group) is 1. The number of hydrogen-bond acceptors (Lipinski definition) is 5. The highest BCUT2D eigenvalue weighted by Crippen LogP contribution is 2.27. The van der Waals surface area contributed by atoms with Gasteiger partial charge in [-0.1, -0.05) is 0 Å². The molecule has 1 aromatic carbocycles. The van der Waals surface area contributed by atoms with Gasteiger partial charge in [0, 0.05) is 24.9 Å². The van der Waals surface area contributed by atoms with Crippen LogP contribution in [0.15, 0.2) is 23.1 Å². The van der Waals surface area contributed by atoms with Gasteiger partial charge in [0.15, 0.2) is 11.6 Å². The van der Waals surface area contributed by atoms with E-state index in [0.717, 1.165) is 24.0 Å². The molecule has 1 unspecified atom stereocenters. The summed E-state index contributed by atoms with van der Waals surface area (Å²) < 4.78 is 46.2. The van der Waals surface area contributed by atoms with Crippen LogP contribution >= 0.6 is 11.8 Å². The summed E-state index contributed by atoms with van der Waals surface area (Å²) in [7, 11) is 1.47. The van der Waals surface area contributed by atoms with E-state index in [4.69, 9.17) is 4.74 Å². The molecule has 1 atom stereocenters. The Morgan fingerprint density at radius 3 is 2.78 bits per heavy atom. The number of halogens is 1. The number of sulfonamides is 1.